The molecule has 0 unspecified atom stereocenters. The predicted molar refractivity (Wildman–Crippen MR) is 160 cm³/mol. The first kappa shape index (κ1) is 22.4. The summed E-state index contributed by atoms with van der Waals surface area (Å²) in [7, 11) is -2.81. The minimum absolute atomic E-state index is 0.892. The van der Waals surface area contributed by atoms with Gasteiger partial charge >= 0.3 is 0 Å². The van der Waals surface area contributed by atoms with Gasteiger partial charge in [0.2, 0.25) is 8.07 Å². The second-order valence-corrected chi connectivity index (χ2v) is 13.2. The van der Waals surface area contributed by atoms with E-state index in [4.69, 9.17) is 9.97 Å². The van der Waals surface area contributed by atoms with Crippen LogP contribution in [-0.4, -0.2) is 22.6 Å². The van der Waals surface area contributed by atoms with Gasteiger partial charge in [0.1, 0.15) is 5.45 Å². The van der Waals surface area contributed by atoms with Crippen molar-refractivity contribution in [1.82, 2.24) is 14.5 Å². The predicted octanol–water partition coefficient (Wildman–Crippen LogP) is 4.95. The third kappa shape index (κ3) is 3.42. The van der Waals surface area contributed by atoms with Gasteiger partial charge in [0, 0.05) is 28.9 Å². The highest BCUT2D eigenvalue weighted by molar-refractivity contribution is 7.19. The zero-order valence-corrected chi connectivity index (χ0v) is 21.8. The molecule has 7 aromatic rings. The highest BCUT2D eigenvalue weighted by atomic mass is 28.3. The van der Waals surface area contributed by atoms with Crippen molar-refractivity contribution in [3.05, 3.63) is 152 Å². The first-order valence-electron chi connectivity index (χ1n) is 12.8. The van der Waals surface area contributed by atoms with E-state index < -0.39 is 8.07 Å². The average Bonchev–Trinajstić information content (AvgIpc) is 3.34. The summed E-state index contributed by atoms with van der Waals surface area (Å²) in [5.74, 6) is 0. The van der Waals surface area contributed by atoms with Gasteiger partial charge in [0.25, 0.3) is 0 Å². The van der Waals surface area contributed by atoms with Crippen molar-refractivity contribution in [2.45, 2.75) is 0 Å². The number of fused-ring (bicyclic) bond motifs is 3. The fourth-order valence-electron chi connectivity index (χ4n) is 5.82. The van der Waals surface area contributed by atoms with E-state index in [9.17, 15) is 0 Å². The van der Waals surface area contributed by atoms with Crippen molar-refractivity contribution in [3.63, 3.8) is 0 Å². The van der Waals surface area contributed by atoms with Crippen LogP contribution in [0.3, 0.4) is 0 Å². The van der Waals surface area contributed by atoms with Gasteiger partial charge in [-0.3, -0.25) is 0 Å². The van der Waals surface area contributed by atoms with Gasteiger partial charge in [0.05, 0.1) is 11.0 Å². The van der Waals surface area contributed by atoms with E-state index in [-0.39, 0.29) is 0 Å². The molecule has 0 atom stereocenters. The van der Waals surface area contributed by atoms with E-state index >= 15 is 0 Å². The van der Waals surface area contributed by atoms with Crippen LogP contribution in [0, 0.1) is 0 Å². The topological polar surface area (TPSA) is 30.7 Å². The minimum atomic E-state index is -2.81. The Morgan fingerprint density at radius 1 is 0.447 bits per heavy atom. The summed E-state index contributed by atoms with van der Waals surface area (Å²) in [5, 5.41) is 6.28. The molecule has 0 aliphatic heterocycles. The van der Waals surface area contributed by atoms with Crippen LogP contribution in [-0.2, 0) is 0 Å². The first-order valence-corrected chi connectivity index (χ1v) is 14.8. The SMILES string of the molecule is c1ccc(-n2c3ccccc3c3cc([Si](c4ccccc4)(c4ccccc4)c4ncccn4)ccc32)cc1. The first-order chi connectivity index (χ1) is 18.9. The molecule has 3 nitrogen and oxygen atoms in total. The number of nitrogens with zero attached hydrogens (tertiary/aromatic N) is 3. The quantitative estimate of drug-likeness (QED) is 0.246. The molecule has 0 amide bonds. The average molecular weight is 504 g/mol. The maximum absolute atomic E-state index is 4.92. The Morgan fingerprint density at radius 3 is 1.66 bits per heavy atom. The van der Waals surface area contributed by atoms with Gasteiger partial charge in [-0.15, -0.1) is 0 Å². The summed E-state index contributed by atoms with van der Waals surface area (Å²) in [6, 6.07) is 49.8. The molecule has 0 spiro atoms. The zero-order valence-electron chi connectivity index (χ0n) is 20.8. The molecule has 0 N–H and O–H groups in total. The number of para-hydroxylation sites is 2. The van der Waals surface area contributed by atoms with E-state index in [2.05, 4.69) is 138 Å². The Labute approximate surface area is 222 Å². The molecule has 2 heterocycles. The molecular weight excluding hydrogens is 478 g/mol. The fraction of sp³-hybridized carbons (Fsp3) is 0. The normalized spacial score (nSPS) is 11.7. The van der Waals surface area contributed by atoms with E-state index in [1.807, 2.05) is 18.5 Å². The monoisotopic (exact) mass is 503 g/mol. The lowest BCUT2D eigenvalue weighted by Gasteiger charge is -2.32. The number of benzene rings is 5. The van der Waals surface area contributed by atoms with Gasteiger partial charge in [-0.2, -0.15) is 0 Å². The third-order valence-corrected chi connectivity index (χ3v) is 11.9. The lowest BCUT2D eigenvalue weighted by molar-refractivity contribution is 1.18. The minimum Gasteiger partial charge on any atom is -0.309 e. The fourth-order valence-corrected chi connectivity index (χ4v) is 10.2. The Morgan fingerprint density at radius 2 is 1.00 bits per heavy atom. The Bertz CT molecular complexity index is 1750. The second-order valence-electron chi connectivity index (χ2n) is 9.47. The third-order valence-electron chi connectivity index (χ3n) is 7.43. The second kappa shape index (κ2) is 9.25. The molecule has 5 aromatic carbocycles. The molecule has 0 saturated heterocycles. The van der Waals surface area contributed by atoms with Crippen molar-refractivity contribution in [2.75, 3.05) is 0 Å². The van der Waals surface area contributed by atoms with Crippen LogP contribution in [0.15, 0.2) is 152 Å². The molecule has 2 aromatic heterocycles. The molecule has 0 fully saturated rings. The maximum Gasteiger partial charge on any atom is 0.226 e. The molecule has 4 heteroatoms. The summed E-state index contributed by atoms with van der Waals surface area (Å²) in [5.41, 5.74) is 4.45. The maximum atomic E-state index is 4.92. The van der Waals surface area contributed by atoms with E-state index in [1.165, 1.54) is 37.4 Å². The van der Waals surface area contributed by atoms with Crippen molar-refractivity contribution < 1.29 is 0 Å². The lowest BCUT2D eigenvalue weighted by atomic mass is 10.1. The highest BCUT2D eigenvalue weighted by Crippen LogP contribution is 2.31. The summed E-state index contributed by atoms with van der Waals surface area (Å²) in [4.78, 5) is 9.84. The van der Waals surface area contributed by atoms with E-state index in [0.717, 1.165) is 11.1 Å². The molecule has 0 bridgehead atoms. The molecular formula is C34H25N3Si. The summed E-state index contributed by atoms with van der Waals surface area (Å²) in [6.45, 7) is 0. The molecule has 0 aliphatic rings. The molecule has 0 radical (unpaired) electrons. The van der Waals surface area contributed by atoms with Gasteiger partial charge in [0.15, 0.2) is 0 Å². The largest absolute Gasteiger partial charge is 0.309 e. The lowest BCUT2D eigenvalue weighted by Crippen LogP contribution is -2.76. The summed E-state index contributed by atoms with van der Waals surface area (Å²) >= 11 is 0. The van der Waals surface area contributed by atoms with Crippen LogP contribution in [0.4, 0.5) is 0 Å². The van der Waals surface area contributed by atoms with Crippen LogP contribution in [0.5, 0.6) is 0 Å². The summed E-state index contributed by atoms with van der Waals surface area (Å²) < 4.78 is 2.36. The standard InChI is InChI=1S/C34H25N3Si/c1-4-13-26(14-5-1)37-32-20-11-10-19-30(32)31-25-29(21-22-33(31)37)38(27-15-6-2-7-16-27,28-17-8-3-9-18-28)34-35-23-12-24-36-34/h1-25H. The Balaban J connectivity index is 1.61. The highest BCUT2D eigenvalue weighted by Gasteiger charge is 2.44. The van der Waals surface area contributed by atoms with Gasteiger partial charge in [-0.1, -0.05) is 109 Å². The van der Waals surface area contributed by atoms with Crippen LogP contribution in [0.25, 0.3) is 27.5 Å². The number of rotatable bonds is 5. The van der Waals surface area contributed by atoms with E-state index in [1.54, 1.807) is 0 Å². The molecule has 0 saturated carbocycles. The number of hydrogen-bond donors (Lipinski definition) is 0. The van der Waals surface area contributed by atoms with Crippen molar-refractivity contribution >= 4 is 50.9 Å². The summed E-state index contributed by atoms with van der Waals surface area (Å²) in [6.07, 6.45) is 3.74. The smallest absolute Gasteiger partial charge is 0.226 e. The van der Waals surface area contributed by atoms with Crippen molar-refractivity contribution in [2.24, 2.45) is 0 Å². The van der Waals surface area contributed by atoms with Gasteiger partial charge in [-0.25, -0.2) is 9.97 Å². The van der Waals surface area contributed by atoms with Crippen LogP contribution < -0.4 is 21.0 Å². The molecule has 0 aliphatic carbocycles. The Kier molecular flexibility index (Phi) is 5.45. The van der Waals surface area contributed by atoms with Gasteiger partial charge < -0.3 is 4.57 Å². The van der Waals surface area contributed by atoms with Crippen LogP contribution in [0.1, 0.15) is 0 Å². The Hall–Kier alpha value is -4.80. The van der Waals surface area contributed by atoms with Crippen LogP contribution >= 0.6 is 0 Å². The van der Waals surface area contributed by atoms with Crippen LogP contribution in [0.2, 0.25) is 0 Å². The molecule has 38 heavy (non-hydrogen) atoms. The zero-order chi connectivity index (χ0) is 25.4. The number of hydrogen-bond acceptors (Lipinski definition) is 2. The molecule has 180 valence electrons. The van der Waals surface area contributed by atoms with Crippen molar-refractivity contribution in [3.8, 4) is 5.69 Å². The molecule has 7 rings (SSSR count). The van der Waals surface area contributed by atoms with Gasteiger partial charge in [-0.05, 0) is 45.9 Å². The van der Waals surface area contributed by atoms with Crippen molar-refractivity contribution in [1.29, 1.82) is 0 Å². The number of aromatic nitrogens is 3. The van der Waals surface area contributed by atoms with E-state index in [0.29, 0.717) is 0 Å².